The van der Waals surface area contributed by atoms with Crippen molar-refractivity contribution in [2.75, 3.05) is 12.4 Å². The highest BCUT2D eigenvalue weighted by Crippen LogP contribution is 2.47. The van der Waals surface area contributed by atoms with Crippen LogP contribution in [0.4, 0.5) is 5.82 Å². The van der Waals surface area contributed by atoms with Crippen LogP contribution >= 0.6 is 11.3 Å². The van der Waals surface area contributed by atoms with Crippen molar-refractivity contribution in [2.45, 2.75) is 24.7 Å². The van der Waals surface area contributed by atoms with Crippen LogP contribution in [-0.2, 0) is 4.79 Å². The molecule has 0 fully saturated rings. The average Bonchev–Trinajstić information content (AvgIpc) is 3.37. The zero-order chi connectivity index (χ0) is 20.1. The first-order chi connectivity index (χ1) is 14.1. The van der Waals surface area contributed by atoms with Crippen molar-refractivity contribution in [2.24, 2.45) is 0 Å². The number of anilines is 1. The predicted octanol–water partition coefficient (Wildman–Crippen LogP) is 3.44. The molecule has 7 nitrogen and oxygen atoms in total. The second-order valence-corrected chi connectivity index (χ2v) is 8.27. The van der Waals surface area contributed by atoms with Gasteiger partial charge in [-0.25, -0.2) is 0 Å². The molecule has 0 radical (unpaired) electrons. The number of fused-ring (bicyclic) bond motifs is 1. The molecule has 0 unspecified atom stereocenters. The molecule has 5 rings (SSSR count). The number of ether oxygens (including phenoxy) is 1. The quantitative estimate of drug-likeness (QED) is 0.530. The van der Waals surface area contributed by atoms with Gasteiger partial charge in [0.2, 0.25) is 0 Å². The Bertz CT molecular complexity index is 1190. The van der Waals surface area contributed by atoms with Gasteiger partial charge in [0.15, 0.2) is 17.3 Å². The molecule has 29 heavy (non-hydrogen) atoms. The fraction of sp³-hybridized carbons (Fsp3) is 0.238. The summed E-state index contributed by atoms with van der Waals surface area (Å²) in [6.45, 7) is 0. The number of rotatable bonds is 3. The first kappa shape index (κ1) is 17.8. The number of benzene rings is 1. The molecular formula is C21H19N3O4S. The third kappa shape index (κ3) is 2.79. The lowest BCUT2D eigenvalue weighted by atomic mass is 9.74. The van der Waals surface area contributed by atoms with E-state index in [1.54, 1.807) is 29.5 Å². The van der Waals surface area contributed by atoms with E-state index in [1.807, 2.05) is 11.4 Å². The van der Waals surface area contributed by atoms with Gasteiger partial charge in [-0.1, -0.05) is 12.1 Å². The minimum atomic E-state index is -0.551. The molecule has 1 aliphatic heterocycles. The SMILES string of the molecule is COc1ccc([C@@H]2C3=C(C[C@@H](c4cccs4)CC3=O)Nc3[nH][nH]c(=O)c32)cc1O. The Labute approximate surface area is 170 Å². The molecular weight excluding hydrogens is 390 g/mol. The fourth-order valence-electron chi connectivity index (χ4n) is 4.37. The van der Waals surface area contributed by atoms with Crippen molar-refractivity contribution in [3.05, 3.63) is 73.3 Å². The largest absolute Gasteiger partial charge is 0.504 e. The lowest BCUT2D eigenvalue weighted by molar-refractivity contribution is -0.116. The highest BCUT2D eigenvalue weighted by Gasteiger charge is 2.40. The van der Waals surface area contributed by atoms with Gasteiger partial charge in [-0.15, -0.1) is 11.3 Å². The summed E-state index contributed by atoms with van der Waals surface area (Å²) in [5.41, 5.74) is 2.26. The molecule has 148 valence electrons. The Kier molecular flexibility index (Phi) is 4.09. The van der Waals surface area contributed by atoms with Crippen LogP contribution in [0.3, 0.4) is 0 Å². The van der Waals surface area contributed by atoms with Gasteiger partial charge in [-0.3, -0.25) is 19.8 Å². The molecule has 3 heterocycles. The molecule has 2 atom stereocenters. The predicted molar refractivity (Wildman–Crippen MR) is 110 cm³/mol. The molecule has 0 saturated heterocycles. The van der Waals surface area contributed by atoms with Crippen LogP contribution in [-0.4, -0.2) is 28.2 Å². The number of carbonyl (C=O) groups excluding carboxylic acids is 1. The van der Waals surface area contributed by atoms with Crippen molar-refractivity contribution in [3.63, 3.8) is 0 Å². The van der Waals surface area contributed by atoms with Crippen molar-refractivity contribution in [3.8, 4) is 11.5 Å². The smallest absolute Gasteiger partial charge is 0.270 e. The minimum absolute atomic E-state index is 0.0173. The number of phenols is 1. The molecule has 1 aliphatic carbocycles. The van der Waals surface area contributed by atoms with Crippen molar-refractivity contribution < 1.29 is 14.6 Å². The van der Waals surface area contributed by atoms with Gasteiger partial charge in [0.1, 0.15) is 5.82 Å². The maximum absolute atomic E-state index is 13.3. The number of phenolic OH excluding ortho intramolecular Hbond substituents is 1. The molecule has 4 N–H and O–H groups in total. The van der Waals surface area contributed by atoms with E-state index in [1.165, 1.54) is 12.0 Å². The Balaban J connectivity index is 1.65. The highest BCUT2D eigenvalue weighted by molar-refractivity contribution is 7.10. The number of hydrogen-bond donors (Lipinski definition) is 4. The summed E-state index contributed by atoms with van der Waals surface area (Å²) in [5.74, 6) is 0.458. The molecule has 3 aromatic rings. The van der Waals surface area contributed by atoms with E-state index >= 15 is 0 Å². The fourth-order valence-corrected chi connectivity index (χ4v) is 5.20. The van der Waals surface area contributed by atoms with Crippen LogP contribution in [0.25, 0.3) is 0 Å². The molecule has 2 aromatic heterocycles. The summed E-state index contributed by atoms with van der Waals surface area (Å²) in [6, 6.07) is 9.05. The summed E-state index contributed by atoms with van der Waals surface area (Å²) < 4.78 is 5.13. The van der Waals surface area contributed by atoms with E-state index in [9.17, 15) is 14.7 Å². The van der Waals surface area contributed by atoms with Crippen LogP contribution in [0.1, 0.15) is 40.7 Å². The molecule has 1 aromatic carbocycles. The highest BCUT2D eigenvalue weighted by atomic mass is 32.1. The summed E-state index contributed by atoms with van der Waals surface area (Å²) in [4.78, 5) is 27.0. The number of aromatic nitrogens is 2. The summed E-state index contributed by atoms with van der Waals surface area (Å²) in [6.07, 6.45) is 1.09. The Morgan fingerprint density at radius 3 is 2.76 bits per heavy atom. The molecule has 0 bridgehead atoms. The van der Waals surface area contributed by atoms with E-state index in [4.69, 9.17) is 4.74 Å². The lowest BCUT2D eigenvalue weighted by Gasteiger charge is -2.34. The van der Waals surface area contributed by atoms with Gasteiger partial charge >= 0.3 is 0 Å². The summed E-state index contributed by atoms with van der Waals surface area (Å²) >= 11 is 1.65. The minimum Gasteiger partial charge on any atom is -0.504 e. The number of allylic oxidation sites excluding steroid dienone is 2. The normalized spacial score (nSPS) is 20.8. The van der Waals surface area contributed by atoms with Crippen molar-refractivity contribution >= 4 is 22.9 Å². The van der Waals surface area contributed by atoms with Crippen LogP contribution in [0.15, 0.2) is 51.8 Å². The van der Waals surface area contributed by atoms with E-state index in [-0.39, 0.29) is 23.0 Å². The van der Waals surface area contributed by atoms with Crippen molar-refractivity contribution in [1.29, 1.82) is 0 Å². The monoisotopic (exact) mass is 409 g/mol. The third-order valence-electron chi connectivity index (χ3n) is 5.66. The Morgan fingerprint density at radius 1 is 1.17 bits per heavy atom. The third-order valence-corrected chi connectivity index (χ3v) is 6.69. The number of carbonyl (C=O) groups is 1. The number of nitrogens with one attached hydrogen (secondary N) is 3. The maximum atomic E-state index is 13.3. The van der Waals surface area contributed by atoms with E-state index in [0.717, 1.165) is 5.70 Å². The van der Waals surface area contributed by atoms with Crippen LogP contribution in [0.5, 0.6) is 11.5 Å². The summed E-state index contributed by atoms with van der Waals surface area (Å²) in [7, 11) is 1.48. The average molecular weight is 409 g/mol. The zero-order valence-electron chi connectivity index (χ0n) is 15.6. The summed E-state index contributed by atoms with van der Waals surface area (Å²) in [5, 5.41) is 21.1. The molecule has 0 spiro atoms. The van der Waals surface area contributed by atoms with E-state index < -0.39 is 5.92 Å². The van der Waals surface area contributed by atoms with Gasteiger partial charge in [0, 0.05) is 34.4 Å². The number of thiophene rings is 1. The maximum Gasteiger partial charge on any atom is 0.270 e. The second kappa shape index (κ2) is 6.66. The molecule has 8 heteroatoms. The second-order valence-electron chi connectivity index (χ2n) is 7.29. The first-order valence-electron chi connectivity index (χ1n) is 9.31. The lowest BCUT2D eigenvalue weighted by Crippen LogP contribution is -2.31. The van der Waals surface area contributed by atoms with Gasteiger partial charge in [0.25, 0.3) is 5.56 Å². The van der Waals surface area contributed by atoms with E-state index in [2.05, 4.69) is 21.6 Å². The molecule has 2 aliphatic rings. The number of aromatic hydroxyl groups is 1. The van der Waals surface area contributed by atoms with E-state index in [0.29, 0.717) is 41.1 Å². The van der Waals surface area contributed by atoms with Crippen LogP contribution < -0.4 is 15.6 Å². The van der Waals surface area contributed by atoms with Crippen LogP contribution in [0, 0.1) is 0 Å². The standard InChI is InChI=1S/C21H19N3O4S/c1-28-15-5-4-10(8-13(15)25)17-18-12(22-20-19(17)21(27)24-23-20)7-11(9-14(18)26)16-3-2-6-29-16/h2-6,8,11,17,25H,7,9H2,1H3,(H3,22,23,24,27)/t11-,17-/m1/s1. The van der Waals surface area contributed by atoms with Gasteiger partial charge in [0.05, 0.1) is 12.7 Å². The first-order valence-corrected chi connectivity index (χ1v) is 10.2. The van der Waals surface area contributed by atoms with Gasteiger partial charge in [-0.05, 0) is 35.6 Å². The topological polar surface area (TPSA) is 107 Å². The number of aromatic amines is 2. The van der Waals surface area contributed by atoms with Gasteiger partial charge < -0.3 is 15.2 Å². The number of Topliss-reactive ketones (excluding diaryl/α,β-unsaturated/α-hetero) is 1. The number of methoxy groups -OCH3 is 1. The number of hydrogen-bond acceptors (Lipinski definition) is 6. The zero-order valence-corrected chi connectivity index (χ0v) is 16.4. The Morgan fingerprint density at radius 2 is 2.03 bits per heavy atom. The van der Waals surface area contributed by atoms with Gasteiger partial charge in [-0.2, -0.15) is 0 Å². The van der Waals surface area contributed by atoms with Crippen LogP contribution in [0.2, 0.25) is 0 Å². The molecule has 0 amide bonds. The number of H-pyrrole nitrogens is 2. The van der Waals surface area contributed by atoms with Crippen molar-refractivity contribution in [1.82, 2.24) is 10.2 Å². The number of ketones is 1. The molecule has 0 saturated carbocycles. The Hall–Kier alpha value is -3.26.